The van der Waals surface area contributed by atoms with Crippen molar-refractivity contribution in [2.24, 2.45) is 5.73 Å². The van der Waals surface area contributed by atoms with Gasteiger partial charge in [-0.1, -0.05) is 6.58 Å². The van der Waals surface area contributed by atoms with E-state index in [0.717, 1.165) is 6.21 Å². The third kappa shape index (κ3) is 5.60. The summed E-state index contributed by atoms with van der Waals surface area (Å²) in [5.41, 5.74) is 5.39. The van der Waals surface area contributed by atoms with Crippen molar-refractivity contribution in [2.75, 3.05) is 7.05 Å². The molecule has 5 N–H and O–H groups in total. The molecular weight excluding hydrogens is 220 g/mol. The van der Waals surface area contributed by atoms with Gasteiger partial charge in [-0.25, -0.2) is 4.79 Å². The molecule has 6 nitrogen and oxygen atoms in total. The largest absolute Gasteiger partial charge is 0.444 e. The quantitative estimate of drug-likeness (QED) is 0.436. The zero-order valence-electron chi connectivity index (χ0n) is 10.7. The highest BCUT2D eigenvalue weighted by atomic mass is 16.6. The molecule has 0 aromatic carbocycles. The van der Waals surface area contributed by atoms with Gasteiger partial charge in [0.2, 0.25) is 0 Å². The summed E-state index contributed by atoms with van der Waals surface area (Å²) >= 11 is 0. The molecule has 0 aromatic rings. The van der Waals surface area contributed by atoms with Crippen LogP contribution in [0.15, 0.2) is 23.7 Å². The molecule has 0 rings (SSSR count). The summed E-state index contributed by atoms with van der Waals surface area (Å²) in [5.74, 6) is 0.279. The van der Waals surface area contributed by atoms with Gasteiger partial charge in [0.25, 0.3) is 0 Å². The van der Waals surface area contributed by atoms with Crippen LogP contribution < -0.4 is 16.4 Å². The Morgan fingerprint density at radius 1 is 1.47 bits per heavy atom. The molecule has 0 radical (unpaired) electrons. The Balaban J connectivity index is 4.88. The molecular formula is C11H20N4O2. The molecule has 0 saturated carbocycles. The minimum Gasteiger partial charge on any atom is -0.444 e. The van der Waals surface area contributed by atoms with Gasteiger partial charge in [-0.2, -0.15) is 0 Å². The molecule has 0 bridgehead atoms. The third-order valence-electron chi connectivity index (χ3n) is 1.64. The van der Waals surface area contributed by atoms with Crippen LogP contribution in [-0.4, -0.2) is 25.0 Å². The molecule has 0 fully saturated rings. The van der Waals surface area contributed by atoms with E-state index in [1.165, 1.54) is 0 Å². The zero-order chi connectivity index (χ0) is 13.6. The second-order valence-electron chi connectivity index (χ2n) is 4.34. The lowest BCUT2D eigenvalue weighted by molar-refractivity contribution is 0.0542. The number of carbonyl (C=O) groups excluding carboxylic acids is 1. The Hall–Kier alpha value is -1.98. The van der Waals surface area contributed by atoms with Crippen LogP contribution in [0.4, 0.5) is 4.79 Å². The number of nitrogens with one attached hydrogen (secondary N) is 3. The maximum atomic E-state index is 11.5. The van der Waals surface area contributed by atoms with Crippen molar-refractivity contribution in [2.45, 2.75) is 26.4 Å². The SMILES string of the molecule is C=C(N)/C(C=N)=C(/NC)NC(=O)OC(C)(C)C. The molecule has 6 heteroatoms. The van der Waals surface area contributed by atoms with Crippen molar-refractivity contribution < 1.29 is 9.53 Å². The minimum absolute atomic E-state index is 0.181. The lowest BCUT2D eigenvalue weighted by Crippen LogP contribution is -2.36. The van der Waals surface area contributed by atoms with Gasteiger partial charge in [-0.15, -0.1) is 0 Å². The number of hydrogen-bond acceptors (Lipinski definition) is 5. The van der Waals surface area contributed by atoms with Crippen molar-refractivity contribution >= 4 is 12.3 Å². The number of nitrogens with two attached hydrogens (primary N) is 1. The maximum Gasteiger partial charge on any atom is 0.413 e. The van der Waals surface area contributed by atoms with E-state index in [2.05, 4.69) is 17.2 Å². The van der Waals surface area contributed by atoms with E-state index in [-0.39, 0.29) is 11.5 Å². The third-order valence-corrected chi connectivity index (χ3v) is 1.64. The molecule has 0 atom stereocenters. The standard InChI is InChI=1S/C11H20N4O2/c1-7(13)8(6-12)9(14-5)15-10(16)17-11(2,3)4/h6,12,14H,1,13H2,2-5H3,(H,15,16)/b9-8-,12-6?. The number of rotatable bonds is 4. The average Bonchev–Trinajstić information content (AvgIpc) is 2.13. The number of alkyl carbamates (subject to hydrolysis) is 1. The van der Waals surface area contributed by atoms with E-state index < -0.39 is 11.7 Å². The monoisotopic (exact) mass is 240 g/mol. The van der Waals surface area contributed by atoms with Crippen LogP contribution >= 0.6 is 0 Å². The van der Waals surface area contributed by atoms with E-state index >= 15 is 0 Å². The molecule has 0 heterocycles. The summed E-state index contributed by atoms with van der Waals surface area (Å²) in [5, 5.41) is 12.4. The highest BCUT2D eigenvalue weighted by Crippen LogP contribution is 2.08. The summed E-state index contributed by atoms with van der Waals surface area (Å²) in [7, 11) is 1.60. The highest BCUT2D eigenvalue weighted by molar-refractivity contribution is 5.84. The van der Waals surface area contributed by atoms with E-state index in [4.69, 9.17) is 15.9 Å². The lowest BCUT2D eigenvalue weighted by Gasteiger charge is -2.21. The Kier molecular flexibility index (Phi) is 5.24. The number of ether oxygens (including phenoxy) is 1. The number of allylic oxidation sites excluding steroid dienone is 1. The Labute approximate surface area is 101 Å². The van der Waals surface area contributed by atoms with Crippen molar-refractivity contribution in [3.63, 3.8) is 0 Å². The molecule has 0 aliphatic heterocycles. The molecule has 1 amide bonds. The zero-order valence-corrected chi connectivity index (χ0v) is 10.7. The Bertz CT molecular complexity index is 353. The normalized spacial score (nSPS) is 12.2. The first-order chi connectivity index (χ1) is 7.71. The van der Waals surface area contributed by atoms with Gasteiger partial charge in [0.15, 0.2) is 0 Å². The fourth-order valence-corrected chi connectivity index (χ4v) is 0.996. The molecule has 0 saturated heterocycles. The van der Waals surface area contributed by atoms with Crippen LogP contribution in [0.3, 0.4) is 0 Å². The molecule has 17 heavy (non-hydrogen) atoms. The van der Waals surface area contributed by atoms with Crippen molar-refractivity contribution in [1.82, 2.24) is 10.6 Å². The van der Waals surface area contributed by atoms with E-state index in [9.17, 15) is 4.79 Å². The fraction of sp³-hybridized carbons (Fsp3) is 0.455. The first-order valence-corrected chi connectivity index (χ1v) is 5.08. The lowest BCUT2D eigenvalue weighted by atomic mass is 10.2. The van der Waals surface area contributed by atoms with Crippen LogP contribution in [0.5, 0.6) is 0 Å². The minimum atomic E-state index is -0.623. The summed E-state index contributed by atoms with van der Waals surface area (Å²) in [6.07, 6.45) is 0.383. The number of carbonyl (C=O) groups is 1. The van der Waals surface area contributed by atoms with E-state index in [1.807, 2.05) is 0 Å². The number of hydrogen-bond donors (Lipinski definition) is 4. The van der Waals surface area contributed by atoms with Gasteiger partial charge in [0, 0.05) is 19.0 Å². The van der Waals surface area contributed by atoms with Crippen LogP contribution in [-0.2, 0) is 4.74 Å². The van der Waals surface area contributed by atoms with Gasteiger partial charge in [0.1, 0.15) is 11.4 Å². The first kappa shape index (κ1) is 15.0. The van der Waals surface area contributed by atoms with E-state index in [1.54, 1.807) is 27.8 Å². The second-order valence-corrected chi connectivity index (χ2v) is 4.34. The van der Waals surface area contributed by atoms with Gasteiger partial charge >= 0.3 is 6.09 Å². The van der Waals surface area contributed by atoms with Crippen molar-refractivity contribution in [3.8, 4) is 0 Å². The summed E-state index contributed by atoms with van der Waals surface area (Å²) < 4.78 is 5.07. The predicted molar refractivity (Wildman–Crippen MR) is 67.6 cm³/mol. The summed E-state index contributed by atoms with van der Waals surface area (Å²) in [6.45, 7) is 8.79. The van der Waals surface area contributed by atoms with E-state index in [0.29, 0.717) is 5.57 Å². The first-order valence-electron chi connectivity index (χ1n) is 5.08. The Morgan fingerprint density at radius 2 is 2.00 bits per heavy atom. The van der Waals surface area contributed by atoms with Gasteiger partial charge < -0.3 is 21.2 Å². The van der Waals surface area contributed by atoms with Crippen LogP contribution in [0.25, 0.3) is 0 Å². The molecule has 0 spiro atoms. The van der Waals surface area contributed by atoms with Gasteiger partial charge in [-0.3, -0.25) is 5.32 Å². The summed E-state index contributed by atoms with van der Waals surface area (Å²) in [4.78, 5) is 11.5. The van der Waals surface area contributed by atoms with Gasteiger partial charge in [0.05, 0.1) is 5.57 Å². The summed E-state index contributed by atoms with van der Waals surface area (Å²) in [6, 6.07) is 0. The molecule has 0 aromatic heterocycles. The topological polar surface area (TPSA) is 100 Å². The van der Waals surface area contributed by atoms with Crippen molar-refractivity contribution in [3.05, 3.63) is 23.7 Å². The second kappa shape index (κ2) is 5.93. The van der Waals surface area contributed by atoms with Crippen LogP contribution in [0.1, 0.15) is 20.8 Å². The Morgan fingerprint density at radius 3 is 2.29 bits per heavy atom. The smallest absolute Gasteiger partial charge is 0.413 e. The maximum absolute atomic E-state index is 11.5. The molecule has 0 unspecified atom stereocenters. The molecule has 96 valence electrons. The van der Waals surface area contributed by atoms with Crippen LogP contribution in [0.2, 0.25) is 0 Å². The fourth-order valence-electron chi connectivity index (χ4n) is 0.996. The highest BCUT2D eigenvalue weighted by Gasteiger charge is 2.17. The average molecular weight is 240 g/mol. The van der Waals surface area contributed by atoms with Crippen LogP contribution in [0, 0.1) is 5.41 Å². The molecule has 0 aliphatic rings. The number of amides is 1. The molecule has 0 aliphatic carbocycles. The predicted octanol–water partition coefficient (Wildman–Crippen LogP) is 1.06. The van der Waals surface area contributed by atoms with Crippen molar-refractivity contribution in [1.29, 1.82) is 5.41 Å². The van der Waals surface area contributed by atoms with Gasteiger partial charge in [-0.05, 0) is 20.8 Å².